The molecule has 1 amide bonds. The first kappa shape index (κ1) is 25.3. The third-order valence-corrected chi connectivity index (χ3v) is 7.24. The number of benzene rings is 2. The molecule has 1 aliphatic heterocycles. The van der Waals surface area contributed by atoms with Crippen LogP contribution in [0.3, 0.4) is 0 Å². The number of nitrogens with zero attached hydrogens (tertiary/aromatic N) is 2. The molecular formula is C28H24ClF3N2O3. The number of carbonyl (C=O) groups excluding carboxylic acids is 1. The third-order valence-electron chi connectivity index (χ3n) is 6.93. The van der Waals surface area contributed by atoms with Crippen LogP contribution in [0.15, 0.2) is 53.5 Å². The fourth-order valence-corrected chi connectivity index (χ4v) is 5.22. The lowest BCUT2D eigenvalue weighted by Crippen LogP contribution is -2.32. The number of carbonyl (C=O) groups is 2. The van der Waals surface area contributed by atoms with E-state index >= 15 is 0 Å². The van der Waals surface area contributed by atoms with Crippen molar-refractivity contribution in [3.05, 3.63) is 75.8 Å². The Morgan fingerprint density at radius 2 is 1.95 bits per heavy atom. The maximum absolute atomic E-state index is 13.6. The van der Waals surface area contributed by atoms with Crippen LogP contribution in [0.2, 0.25) is 5.02 Å². The van der Waals surface area contributed by atoms with Gasteiger partial charge in [-0.2, -0.15) is 13.2 Å². The van der Waals surface area contributed by atoms with E-state index in [2.05, 4.69) is 4.99 Å². The predicted octanol–water partition coefficient (Wildman–Crippen LogP) is 6.77. The molecule has 2 aliphatic carbocycles. The molecule has 2 aromatic carbocycles. The molecule has 192 valence electrons. The molecule has 1 fully saturated rings. The van der Waals surface area contributed by atoms with Crippen molar-refractivity contribution in [2.24, 2.45) is 16.8 Å². The highest BCUT2D eigenvalue weighted by Crippen LogP contribution is 2.46. The highest BCUT2D eigenvalue weighted by atomic mass is 35.5. The summed E-state index contributed by atoms with van der Waals surface area (Å²) in [6.07, 6.45) is 0.347. The Morgan fingerprint density at radius 3 is 2.59 bits per heavy atom. The number of hydrogen-bond donors (Lipinski definition) is 1. The lowest BCUT2D eigenvalue weighted by molar-refractivity contribution is -0.138. The van der Waals surface area contributed by atoms with Crippen molar-refractivity contribution >= 4 is 46.0 Å². The number of hydrogen-bond acceptors (Lipinski definition) is 3. The van der Waals surface area contributed by atoms with Crippen LogP contribution in [-0.4, -0.2) is 34.1 Å². The molecule has 2 aromatic rings. The fourth-order valence-electron chi connectivity index (χ4n) is 4.95. The summed E-state index contributed by atoms with van der Waals surface area (Å²) in [5, 5.41) is 10.0. The summed E-state index contributed by atoms with van der Waals surface area (Å²) < 4.78 is 40.9. The molecule has 1 N–H and O–H groups in total. The van der Waals surface area contributed by atoms with Gasteiger partial charge in [-0.3, -0.25) is 14.6 Å². The van der Waals surface area contributed by atoms with Crippen LogP contribution in [-0.2, 0) is 22.3 Å². The average molecular weight is 529 g/mol. The molecule has 0 bridgehead atoms. The van der Waals surface area contributed by atoms with Crippen LogP contribution in [0.1, 0.15) is 48.4 Å². The van der Waals surface area contributed by atoms with Gasteiger partial charge in [-0.1, -0.05) is 29.8 Å². The van der Waals surface area contributed by atoms with E-state index < -0.39 is 23.6 Å². The molecule has 1 atom stereocenters. The Hall–Kier alpha value is -3.39. The zero-order valence-electron chi connectivity index (χ0n) is 20.0. The summed E-state index contributed by atoms with van der Waals surface area (Å²) in [7, 11) is 0. The van der Waals surface area contributed by atoms with Crippen molar-refractivity contribution in [1.29, 1.82) is 0 Å². The first-order valence-corrected chi connectivity index (χ1v) is 12.5. The van der Waals surface area contributed by atoms with Crippen molar-refractivity contribution in [3.63, 3.8) is 0 Å². The van der Waals surface area contributed by atoms with Gasteiger partial charge in [0.25, 0.3) is 0 Å². The quantitative estimate of drug-likeness (QED) is 0.431. The number of aliphatic imine (C=N–C) groups is 1. The topological polar surface area (TPSA) is 70.0 Å². The van der Waals surface area contributed by atoms with E-state index in [1.807, 2.05) is 0 Å². The minimum absolute atomic E-state index is 0.0213. The van der Waals surface area contributed by atoms with Gasteiger partial charge >= 0.3 is 12.1 Å². The molecule has 0 saturated heterocycles. The van der Waals surface area contributed by atoms with E-state index in [1.165, 1.54) is 6.07 Å². The highest BCUT2D eigenvalue weighted by molar-refractivity contribution is 6.40. The number of fused-ring (bicyclic) bond motifs is 3. The molecule has 1 heterocycles. The summed E-state index contributed by atoms with van der Waals surface area (Å²) >= 11 is 6.48. The lowest BCUT2D eigenvalue weighted by Gasteiger charge is -2.26. The van der Waals surface area contributed by atoms with Gasteiger partial charge in [-0.15, -0.1) is 0 Å². The van der Waals surface area contributed by atoms with Crippen molar-refractivity contribution in [2.75, 3.05) is 6.54 Å². The van der Waals surface area contributed by atoms with Crippen LogP contribution in [0.4, 0.5) is 18.9 Å². The predicted molar refractivity (Wildman–Crippen MR) is 136 cm³/mol. The van der Waals surface area contributed by atoms with E-state index in [9.17, 15) is 27.9 Å². The molecule has 0 radical (unpaired) electrons. The van der Waals surface area contributed by atoms with Crippen molar-refractivity contribution in [2.45, 2.75) is 38.9 Å². The Kier molecular flexibility index (Phi) is 6.48. The van der Waals surface area contributed by atoms with Gasteiger partial charge in [-0.25, -0.2) is 0 Å². The molecule has 5 nitrogen and oxygen atoms in total. The van der Waals surface area contributed by atoms with Crippen LogP contribution < -0.4 is 0 Å². The summed E-state index contributed by atoms with van der Waals surface area (Å²) in [4.78, 5) is 30.7. The first-order valence-electron chi connectivity index (χ1n) is 12.1. The SMILES string of the molecule is CCN(Cc1cc(C(F)(F)F)ccc1C1=CC(CC(=O)O)C2=Nc3cccc(Cl)c3C2=C1)C(=O)C1CC1. The van der Waals surface area contributed by atoms with E-state index in [1.54, 1.807) is 42.2 Å². The van der Waals surface area contributed by atoms with Crippen LogP contribution in [0, 0.1) is 11.8 Å². The van der Waals surface area contributed by atoms with Gasteiger partial charge in [0.15, 0.2) is 0 Å². The minimum atomic E-state index is -4.55. The second-order valence-corrected chi connectivity index (χ2v) is 9.92. The highest BCUT2D eigenvalue weighted by Gasteiger charge is 2.36. The standard InChI is InChI=1S/C28H24ClF3N2O3/c1-2-34(27(37)15-6-7-15)14-18-11-19(28(30,31)32)8-9-20(18)16-10-17(13-24(35)36)26-21(12-16)25-22(29)4-3-5-23(25)33-26/h3-5,8-12,15,17H,2,6-7,13-14H2,1H3,(H,35,36). The van der Waals surface area contributed by atoms with Gasteiger partial charge in [0.2, 0.25) is 5.91 Å². The van der Waals surface area contributed by atoms with Gasteiger partial charge < -0.3 is 10.0 Å². The largest absolute Gasteiger partial charge is 0.481 e. The Balaban J connectivity index is 1.63. The molecule has 9 heteroatoms. The van der Waals surface area contributed by atoms with Gasteiger partial charge in [0, 0.05) is 36.1 Å². The summed E-state index contributed by atoms with van der Waals surface area (Å²) in [6, 6.07) is 8.77. The van der Waals surface area contributed by atoms with Gasteiger partial charge in [0.1, 0.15) is 0 Å². The summed E-state index contributed by atoms with van der Waals surface area (Å²) in [6.45, 7) is 2.19. The number of allylic oxidation sites excluding steroid dienone is 4. The minimum Gasteiger partial charge on any atom is -0.481 e. The first-order chi connectivity index (χ1) is 17.6. The molecular weight excluding hydrogens is 505 g/mol. The Labute approximate surface area is 217 Å². The van der Waals surface area contributed by atoms with Crippen molar-refractivity contribution < 1.29 is 27.9 Å². The van der Waals surface area contributed by atoms with E-state index in [-0.39, 0.29) is 24.8 Å². The summed E-state index contributed by atoms with van der Waals surface area (Å²) in [5.74, 6) is -1.74. The number of alkyl halides is 3. The second kappa shape index (κ2) is 9.49. The number of amides is 1. The van der Waals surface area contributed by atoms with E-state index in [0.717, 1.165) is 25.0 Å². The average Bonchev–Trinajstić information content (AvgIpc) is 3.61. The normalized spacial score (nSPS) is 18.4. The number of carboxylic acids is 1. The molecule has 5 rings (SSSR count). The molecule has 1 unspecified atom stereocenters. The smallest absolute Gasteiger partial charge is 0.416 e. The van der Waals surface area contributed by atoms with E-state index in [4.69, 9.17) is 11.6 Å². The monoisotopic (exact) mass is 528 g/mol. The van der Waals surface area contributed by atoms with E-state index in [0.29, 0.717) is 50.8 Å². The number of halogens is 4. The second-order valence-electron chi connectivity index (χ2n) is 9.51. The zero-order chi connectivity index (χ0) is 26.5. The van der Waals surface area contributed by atoms with Crippen molar-refractivity contribution in [3.8, 4) is 0 Å². The molecule has 0 aromatic heterocycles. The van der Waals surface area contributed by atoms with Crippen molar-refractivity contribution in [1.82, 2.24) is 4.90 Å². The maximum atomic E-state index is 13.6. The lowest BCUT2D eigenvalue weighted by atomic mass is 9.81. The maximum Gasteiger partial charge on any atom is 0.416 e. The zero-order valence-corrected chi connectivity index (χ0v) is 20.7. The van der Waals surface area contributed by atoms with Crippen LogP contribution in [0.5, 0.6) is 0 Å². The van der Waals surface area contributed by atoms with Gasteiger partial charge in [0.05, 0.1) is 28.4 Å². The van der Waals surface area contributed by atoms with Crippen LogP contribution >= 0.6 is 11.6 Å². The van der Waals surface area contributed by atoms with Gasteiger partial charge in [-0.05, 0) is 66.8 Å². The fraction of sp³-hybridized carbons (Fsp3) is 0.321. The summed E-state index contributed by atoms with van der Waals surface area (Å²) in [5.41, 5.74) is 3.17. The molecule has 1 saturated carbocycles. The Morgan fingerprint density at radius 1 is 1.19 bits per heavy atom. The number of rotatable bonds is 7. The Bertz CT molecular complexity index is 1390. The molecule has 0 spiro atoms. The number of carboxylic acid groups (broad SMARTS) is 1. The third kappa shape index (κ3) is 4.94. The van der Waals surface area contributed by atoms with Crippen LogP contribution in [0.25, 0.3) is 11.1 Å². The molecule has 37 heavy (non-hydrogen) atoms. The molecule has 3 aliphatic rings. The number of aliphatic carboxylic acids is 1.